The van der Waals surface area contributed by atoms with E-state index >= 15 is 0 Å². The van der Waals surface area contributed by atoms with Crippen molar-refractivity contribution in [3.05, 3.63) is 30.5 Å². The number of hydrogen-bond acceptors (Lipinski definition) is 3. The topological polar surface area (TPSA) is 119 Å². The highest BCUT2D eigenvalue weighted by Crippen LogP contribution is 2.33. The predicted octanol–water partition coefficient (Wildman–Crippen LogP) is 1.05. The van der Waals surface area contributed by atoms with Crippen LogP contribution in [0.1, 0.15) is 12.8 Å². The molecular weight excluding hydrogens is 278 g/mol. The highest BCUT2D eigenvalue weighted by molar-refractivity contribution is 6.01. The van der Waals surface area contributed by atoms with Crippen LogP contribution in [0.4, 0.5) is 11.4 Å². The number of hydrogen-bond donors (Lipinski definition) is 3. The Morgan fingerprint density at radius 2 is 1.86 bits per heavy atom. The van der Waals surface area contributed by atoms with Crippen LogP contribution < -0.4 is 22.1 Å². The van der Waals surface area contributed by atoms with Gasteiger partial charge in [0.25, 0.3) is 0 Å². The number of benzene rings is 1. The molecule has 1 saturated heterocycles. The van der Waals surface area contributed by atoms with Gasteiger partial charge in [-0.2, -0.15) is 4.99 Å². The Balaban J connectivity index is 2.10. The van der Waals surface area contributed by atoms with E-state index in [9.17, 15) is 0 Å². The zero-order valence-corrected chi connectivity index (χ0v) is 12.2. The van der Waals surface area contributed by atoms with E-state index < -0.39 is 0 Å². The second-order valence-electron chi connectivity index (χ2n) is 5.20. The first-order valence-electron chi connectivity index (χ1n) is 7.21. The number of aliphatic imine (C=N–C) groups is 2. The summed E-state index contributed by atoms with van der Waals surface area (Å²) in [5.74, 6) is -0.0866. The summed E-state index contributed by atoms with van der Waals surface area (Å²) >= 11 is 0. The molecule has 0 atom stereocenters. The van der Waals surface area contributed by atoms with Crippen molar-refractivity contribution in [3.63, 3.8) is 0 Å². The molecule has 114 valence electrons. The molecule has 1 fully saturated rings. The summed E-state index contributed by atoms with van der Waals surface area (Å²) in [6.07, 6.45) is 4.21. The molecule has 22 heavy (non-hydrogen) atoms. The van der Waals surface area contributed by atoms with Crippen molar-refractivity contribution in [1.29, 1.82) is 0 Å². The van der Waals surface area contributed by atoms with Crippen LogP contribution in [0.25, 0.3) is 10.9 Å². The van der Waals surface area contributed by atoms with Crippen LogP contribution in [-0.2, 0) is 0 Å². The summed E-state index contributed by atoms with van der Waals surface area (Å²) < 4.78 is 0. The van der Waals surface area contributed by atoms with E-state index in [0.717, 1.165) is 29.7 Å². The highest BCUT2D eigenvalue weighted by atomic mass is 15.2. The molecule has 1 aliphatic rings. The number of aromatic nitrogens is 1. The third kappa shape index (κ3) is 2.78. The van der Waals surface area contributed by atoms with Crippen molar-refractivity contribution in [2.75, 3.05) is 18.0 Å². The van der Waals surface area contributed by atoms with Crippen molar-refractivity contribution >= 4 is 34.2 Å². The summed E-state index contributed by atoms with van der Waals surface area (Å²) in [5, 5.41) is 0.931. The first-order valence-corrected chi connectivity index (χ1v) is 7.21. The number of rotatable bonds is 2. The lowest BCUT2D eigenvalue weighted by Gasteiger charge is -2.19. The van der Waals surface area contributed by atoms with E-state index in [0.29, 0.717) is 5.69 Å². The molecular formula is C15H19N7. The Labute approximate surface area is 128 Å². The Bertz CT molecular complexity index is 741. The number of nitrogens with two attached hydrogens (primary N) is 3. The van der Waals surface area contributed by atoms with Gasteiger partial charge >= 0.3 is 0 Å². The van der Waals surface area contributed by atoms with Gasteiger partial charge in [-0.25, -0.2) is 4.99 Å². The SMILES string of the molecule is NC(N)=NC(N)=Nc1ccc(N2CCCC2)c2ncccc12. The van der Waals surface area contributed by atoms with E-state index in [1.165, 1.54) is 12.8 Å². The van der Waals surface area contributed by atoms with Crippen LogP contribution in [-0.4, -0.2) is 30.0 Å². The van der Waals surface area contributed by atoms with Crippen LogP contribution in [0, 0.1) is 0 Å². The average molecular weight is 297 g/mol. The van der Waals surface area contributed by atoms with Gasteiger partial charge in [-0.15, -0.1) is 0 Å². The van der Waals surface area contributed by atoms with Gasteiger partial charge in [0.05, 0.1) is 16.9 Å². The molecule has 0 bridgehead atoms. The van der Waals surface area contributed by atoms with Crippen molar-refractivity contribution in [2.24, 2.45) is 27.2 Å². The smallest absolute Gasteiger partial charge is 0.223 e. The van der Waals surface area contributed by atoms with Gasteiger partial charge < -0.3 is 22.1 Å². The van der Waals surface area contributed by atoms with Gasteiger partial charge in [0, 0.05) is 24.7 Å². The second kappa shape index (κ2) is 5.88. The summed E-state index contributed by atoms with van der Waals surface area (Å²) in [6.45, 7) is 2.12. The average Bonchev–Trinajstić information content (AvgIpc) is 3.01. The van der Waals surface area contributed by atoms with Crippen LogP contribution in [0.5, 0.6) is 0 Å². The number of nitrogens with zero attached hydrogens (tertiary/aromatic N) is 4. The zero-order chi connectivity index (χ0) is 15.5. The van der Waals surface area contributed by atoms with Gasteiger partial charge in [0.1, 0.15) is 0 Å². The van der Waals surface area contributed by atoms with Crippen molar-refractivity contribution < 1.29 is 0 Å². The van der Waals surface area contributed by atoms with Gasteiger partial charge in [-0.05, 0) is 37.1 Å². The van der Waals surface area contributed by atoms with E-state index in [-0.39, 0.29) is 11.9 Å². The molecule has 0 saturated carbocycles. The minimum atomic E-state index is -0.114. The molecule has 0 unspecified atom stereocenters. The Morgan fingerprint density at radius 3 is 2.59 bits per heavy atom. The fourth-order valence-electron chi connectivity index (χ4n) is 2.73. The molecule has 0 amide bonds. The van der Waals surface area contributed by atoms with Gasteiger partial charge in [-0.3, -0.25) is 4.98 Å². The fraction of sp³-hybridized carbons (Fsp3) is 0.267. The Hall–Kier alpha value is -2.83. The highest BCUT2D eigenvalue weighted by Gasteiger charge is 2.16. The summed E-state index contributed by atoms with van der Waals surface area (Å²) in [5.41, 5.74) is 19.1. The monoisotopic (exact) mass is 297 g/mol. The molecule has 1 aromatic heterocycles. The first-order chi connectivity index (χ1) is 10.6. The van der Waals surface area contributed by atoms with Crippen molar-refractivity contribution in [1.82, 2.24) is 4.98 Å². The van der Waals surface area contributed by atoms with E-state index in [2.05, 4.69) is 19.9 Å². The minimum Gasteiger partial charge on any atom is -0.370 e. The normalized spacial score (nSPS) is 15.3. The molecule has 0 aliphatic carbocycles. The van der Waals surface area contributed by atoms with E-state index in [4.69, 9.17) is 17.2 Å². The summed E-state index contributed by atoms with van der Waals surface area (Å²) in [4.78, 5) is 14.9. The molecule has 2 heterocycles. The van der Waals surface area contributed by atoms with Crippen molar-refractivity contribution in [2.45, 2.75) is 12.8 Å². The maximum Gasteiger partial charge on any atom is 0.223 e. The lowest BCUT2D eigenvalue weighted by atomic mass is 10.1. The molecule has 2 aromatic rings. The molecule has 3 rings (SSSR count). The number of guanidine groups is 2. The lowest BCUT2D eigenvalue weighted by molar-refractivity contribution is 0.949. The standard InChI is InChI=1S/C15H19N7/c16-14(17)21-15(18)20-11-5-6-12(22-8-1-2-9-22)13-10(11)4-3-7-19-13/h3-7H,1-2,8-9H2,(H6,16,17,18,20,21). The Kier molecular flexibility index (Phi) is 3.78. The molecule has 6 N–H and O–H groups in total. The van der Waals surface area contributed by atoms with E-state index in [1.807, 2.05) is 24.3 Å². The van der Waals surface area contributed by atoms with Gasteiger partial charge in [0.2, 0.25) is 5.96 Å². The largest absolute Gasteiger partial charge is 0.370 e. The molecule has 1 aromatic carbocycles. The third-order valence-electron chi connectivity index (χ3n) is 3.65. The number of anilines is 1. The number of fused-ring (bicyclic) bond motifs is 1. The molecule has 7 nitrogen and oxygen atoms in total. The number of pyridine rings is 1. The summed E-state index contributed by atoms with van der Waals surface area (Å²) in [6, 6.07) is 7.81. The zero-order valence-electron chi connectivity index (χ0n) is 12.2. The van der Waals surface area contributed by atoms with E-state index in [1.54, 1.807) is 6.20 Å². The third-order valence-corrected chi connectivity index (χ3v) is 3.65. The van der Waals surface area contributed by atoms with Crippen molar-refractivity contribution in [3.8, 4) is 0 Å². The lowest BCUT2D eigenvalue weighted by Crippen LogP contribution is -2.26. The molecule has 1 aliphatic heterocycles. The molecule has 7 heteroatoms. The minimum absolute atomic E-state index is 0.0269. The maximum atomic E-state index is 5.73. The van der Waals surface area contributed by atoms with Crippen LogP contribution in [0.2, 0.25) is 0 Å². The van der Waals surface area contributed by atoms with Crippen LogP contribution >= 0.6 is 0 Å². The van der Waals surface area contributed by atoms with Gasteiger partial charge in [-0.1, -0.05) is 0 Å². The van der Waals surface area contributed by atoms with Gasteiger partial charge in [0.15, 0.2) is 5.96 Å². The Morgan fingerprint density at radius 1 is 1.09 bits per heavy atom. The van der Waals surface area contributed by atoms with Crippen LogP contribution in [0.15, 0.2) is 40.4 Å². The molecule has 0 spiro atoms. The molecule has 0 radical (unpaired) electrons. The second-order valence-corrected chi connectivity index (χ2v) is 5.20. The van der Waals surface area contributed by atoms with Crippen LogP contribution in [0.3, 0.4) is 0 Å². The quantitative estimate of drug-likeness (QED) is 0.565. The fourth-order valence-corrected chi connectivity index (χ4v) is 2.73. The summed E-state index contributed by atoms with van der Waals surface area (Å²) in [7, 11) is 0. The maximum absolute atomic E-state index is 5.73. The predicted molar refractivity (Wildman–Crippen MR) is 90.3 cm³/mol. The first kappa shape index (κ1) is 14.1.